The summed E-state index contributed by atoms with van der Waals surface area (Å²) in [6.45, 7) is 9.50. The molecule has 6 N–H and O–H groups in total. The van der Waals surface area contributed by atoms with Crippen molar-refractivity contribution in [2.24, 2.45) is 17.4 Å². The highest BCUT2D eigenvalue weighted by Crippen LogP contribution is 2.28. The van der Waals surface area contributed by atoms with Crippen LogP contribution < -0.4 is 22.1 Å². The summed E-state index contributed by atoms with van der Waals surface area (Å²) in [6.07, 6.45) is 0.663. The molecule has 4 aromatic heterocycles. The molecule has 284 valence electrons. The largest absolute Gasteiger partial charge is 0.366 e. The lowest BCUT2D eigenvalue weighted by Gasteiger charge is -2.19. The van der Waals surface area contributed by atoms with Gasteiger partial charge in [0.1, 0.15) is 17.9 Å². The van der Waals surface area contributed by atoms with Gasteiger partial charge in [-0.2, -0.15) is 10.2 Å². The average Bonchev–Trinajstić information content (AvgIpc) is 3.99. The van der Waals surface area contributed by atoms with Gasteiger partial charge in [-0.05, 0) is 88.6 Å². The van der Waals surface area contributed by atoms with E-state index < -0.39 is 17.7 Å². The molecule has 1 aliphatic rings. The van der Waals surface area contributed by atoms with Crippen molar-refractivity contribution >= 4 is 63.5 Å². The molecule has 5 amide bonds. The number of rotatable bonds is 12. The van der Waals surface area contributed by atoms with Gasteiger partial charge in [-0.3, -0.25) is 44.0 Å². The molecule has 0 bridgehead atoms. The molecule has 7 rings (SSSR count). The fourth-order valence-corrected chi connectivity index (χ4v) is 7.07. The van der Waals surface area contributed by atoms with Gasteiger partial charge in [0.15, 0.2) is 0 Å². The number of fused-ring (bicyclic) bond motifs is 2. The maximum absolute atomic E-state index is 14.0. The van der Waals surface area contributed by atoms with Crippen molar-refractivity contribution in [1.82, 2.24) is 43.6 Å². The molecule has 55 heavy (non-hydrogen) atoms. The lowest BCUT2D eigenvalue weighted by atomic mass is 10.1. The van der Waals surface area contributed by atoms with Crippen molar-refractivity contribution in [2.45, 2.75) is 60.3 Å². The number of benzene rings is 2. The average molecular weight is 748 g/mol. The van der Waals surface area contributed by atoms with E-state index in [0.29, 0.717) is 84.0 Å². The zero-order valence-corrected chi connectivity index (χ0v) is 30.9. The van der Waals surface area contributed by atoms with Gasteiger partial charge in [0.05, 0.1) is 33.5 Å². The third-order valence-electron chi connectivity index (χ3n) is 9.76. The highest BCUT2D eigenvalue weighted by atomic mass is 16.2. The number of carbonyl (C=O) groups is 5. The van der Waals surface area contributed by atoms with Gasteiger partial charge < -0.3 is 25.5 Å². The fraction of sp³-hybridized carbons (Fsp3) is 0.324. The van der Waals surface area contributed by atoms with Gasteiger partial charge in [0.2, 0.25) is 29.6 Å². The van der Waals surface area contributed by atoms with E-state index in [0.717, 1.165) is 0 Å². The smallest absolute Gasteiger partial charge is 0.276 e. The molecular formula is C37H41N13O5. The molecule has 6 aromatic rings. The number of nitrogens with zero attached hydrogens (tertiary/aromatic N) is 9. The monoisotopic (exact) mass is 747 g/mol. The molecule has 0 saturated carbocycles. The van der Waals surface area contributed by atoms with E-state index in [9.17, 15) is 24.0 Å². The Kier molecular flexibility index (Phi) is 9.64. The van der Waals surface area contributed by atoms with E-state index in [4.69, 9.17) is 11.5 Å². The van der Waals surface area contributed by atoms with E-state index in [-0.39, 0.29) is 47.3 Å². The van der Waals surface area contributed by atoms with Crippen LogP contribution in [0.5, 0.6) is 0 Å². The third-order valence-corrected chi connectivity index (χ3v) is 9.76. The summed E-state index contributed by atoms with van der Waals surface area (Å²) in [7, 11) is 0. The van der Waals surface area contributed by atoms with Crippen molar-refractivity contribution < 1.29 is 24.0 Å². The molecule has 5 heterocycles. The number of likely N-dealkylation sites (tertiary alicyclic amines) is 1. The zero-order valence-electron chi connectivity index (χ0n) is 30.9. The van der Waals surface area contributed by atoms with Crippen LogP contribution >= 0.6 is 0 Å². The molecule has 2 aromatic carbocycles. The standard InChI is InChI=1S/C37H41N13O5/c1-5-49-29(13-20(3)44-49)34(54)42-36-40-25-15-23(32(38)52)7-9-27(25)47(36)18-22-11-12-46(17-22)31(51)19-48-28-10-8-24(33(39)53)16-26(28)41-37(48)43-35(55)30-14-21(4)45-50(30)6-2/h7-10,13-16,22H,5-6,11-12,17-19H2,1-4H3,(H2,38,52)(H2,39,53)(H,40,42,54)(H,41,43,55)/t22-/m0/s1. The minimum atomic E-state index is -0.632. The summed E-state index contributed by atoms with van der Waals surface area (Å²) in [6, 6.07) is 13.0. The van der Waals surface area contributed by atoms with Crippen LogP contribution in [0.2, 0.25) is 0 Å². The summed E-state index contributed by atoms with van der Waals surface area (Å²) >= 11 is 0. The van der Waals surface area contributed by atoms with Gasteiger partial charge in [-0.15, -0.1) is 0 Å². The first kappa shape index (κ1) is 36.5. The second-order valence-corrected chi connectivity index (χ2v) is 13.6. The second-order valence-electron chi connectivity index (χ2n) is 13.6. The van der Waals surface area contributed by atoms with Gasteiger partial charge in [-0.1, -0.05) is 0 Å². The predicted octanol–water partition coefficient (Wildman–Crippen LogP) is 2.69. The summed E-state index contributed by atoms with van der Waals surface area (Å²) in [5.74, 6) is -1.87. The second kappa shape index (κ2) is 14.5. The van der Waals surface area contributed by atoms with E-state index in [1.165, 1.54) is 6.07 Å². The Morgan fingerprint density at radius 2 is 1.22 bits per heavy atom. The summed E-state index contributed by atoms with van der Waals surface area (Å²) in [5.41, 5.74) is 15.8. The van der Waals surface area contributed by atoms with Crippen LogP contribution in [0.15, 0.2) is 48.5 Å². The number of nitrogens with two attached hydrogens (primary N) is 2. The van der Waals surface area contributed by atoms with Crippen molar-refractivity contribution in [3.8, 4) is 0 Å². The Bertz CT molecular complexity index is 2520. The number of hydrogen-bond donors (Lipinski definition) is 4. The van der Waals surface area contributed by atoms with Crippen LogP contribution in [0, 0.1) is 19.8 Å². The molecular weight excluding hydrogens is 706 g/mol. The van der Waals surface area contributed by atoms with Crippen molar-refractivity contribution in [2.75, 3.05) is 23.7 Å². The zero-order chi connectivity index (χ0) is 39.1. The topological polar surface area (TPSA) is 236 Å². The number of primary amides is 2. The van der Waals surface area contributed by atoms with Gasteiger partial charge >= 0.3 is 0 Å². The Morgan fingerprint density at radius 3 is 1.71 bits per heavy atom. The number of nitrogens with one attached hydrogen (secondary N) is 2. The molecule has 0 aliphatic carbocycles. The number of anilines is 2. The van der Waals surface area contributed by atoms with E-state index in [1.54, 1.807) is 68.2 Å². The Morgan fingerprint density at radius 1 is 0.727 bits per heavy atom. The number of aromatic nitrogens is 8. The van der Waals surface area contributed by atoms with Crippen molar-refractivity contribution in [3.05, 3.63) is 82.4 Å². The quantitative estimate of drug-likeness (QED) is 0.144. The van der Waals surface area contributed by atoms with Crippen LogP contribution in [0.3, 0.4) is 0 Å². The molecule has 18 heteroatoms. The number of amides is 5. The molecule has 18 nitrogen and oxygen atoms in total. The van der Waals surface area contributed by atoms with E-state index >= 15 is 0 Å². The summed E-state index contributed by atoms with van der Waals surface area (Å²) in [4.78, 5) is 75.8. The first-order valence-electron chi connectivity index (χ1n) is 17.9. The lowest BCUT2D eigenvalue weighted by Crippen LogP contribution is -2.33. The maximum Gasteiger partial charge on any atom is 0.276 e. The lowest BCUT2D eigenvalue weighted by molar-refractivity contribution is -0.130. The summed E-state index contributed by atoms with van der Waals surface area (Å²) in [5, 5.41) is 14.5. The van der Waals surface area contributed by atoms with Crippen molar-refractivity contribution in [1.29, 1.82) is 0 Å². The van der Waals surface area contributed by atoms with Crippen LogP contribution in [-0.4, -0.2) is 86.2 Å². The minimum Gasteiger partial charge on any atom is -0.366 e. The molecule has 1 atom stereocenters. The molecule has 1 fully saturated rings. The molecule has 0 spiro atoms. The van der Waals surface area contributed by atoms with E-state index in [2.05, 4.69) is 30.8 Å². The minimum absolute atomic E-state index is 0.0226. The van der Waals surface area contributed by atoms with Crippen LogP contribution in [0.25, 0.3) is 22.1 Å². The Labute approximate surface area is 314 Å². The van der Waals surface area contributed by atoms with Gasteiger partial charge in [-0.25, -0.2) is 9.97 Å². The van der Waals surface area contributed by atoms with Crippen LogP contribution in [-0.2, 0) is 31.0 Å². The van der Waals surface area contributed by atoms with Gasteiger partial charge in [0.25, 0.3) is 11.8 Å². The molecule has 1 saturated heterocycles. The normalized spacial score (nSPS) is 14.2. The van der Waals surface area contributed by atoms with E-state index in [1.807, 2.05) is 25.3 Å². The van der Waals surface area contributed by atoms with Gasteiger partial charge in [0, 0.05) is 43.9 Å². The predicted molar refractivity (Wildman–Crippen MR) is 202 cm³/mol. The number of aryl methyl sites for hydroxylation is 4. The Hall–Kier alpha value is -6.85. The number of carbonyl (C=O) groups excluding carboxylic acids is 5. The molecule has 0 unspecified atom stereocenters. The molecule has 1 aliphatic heterocycles. The SMILES string of the molecule is CCn1nc(C)cc1C(=O)Nc1nc2cc(C(N)=O)ccc2n1CC(=O)N1CC[C@H](Cn2c(NC(=O)c3cc(C)nn3CC)nc3cc(C(N)=O)ccc32)C1. The third kappa shape index (κ3) is 7.12. The van der Waals surface area contributed by atoms with Crippen molar-refractivity contribution in [3.63, 3.8) is 0 Å². The van der Waals surface area contributed by atoms with Crippen LogP contribution in [0.4, 0.5) is 11.9 Å². The Balaban J connectivity index is 1.13. The highest BCUT2D eigenvalue weighted by Gasteiger charge is 2.30. The highest BCUT2D eigenvalue weighted by molar-refractivity contribution is 6.04. The number of imidazole rings is 2. The summed E-state index contributed by atoms with van der Waals surface area (Å²) < 4.78 is 6.69. The molecule has 0 radical (unpaired) electrons. The fourth-order valence-electron chi connectivity index (χ4n) is 7.07. The first-order chi connectivity index (χ1) is 26.3. The van der Waals surface area contributed by atoms with Crippen LogP contribution in [0.1, 0.15) is 73.3 Å². The number of hydrogen-bond acceptors (Lipinski definition) is 9. The maximum atomic E-state index is 14.0. The first-order valence-corrected chi connectivity index (χ1v) is 17.9.